The van der Waals surface area contributed by atoms with Gasteiger partial charge in [-0.15, -0.1) is 0 Å². The molecule has 9 heteroatoms. The number of furan rings is 1. The number of halogens is 1. The van der Waals surface area contributed by atoms with Crippen LogP contribution in [0.3, 0.4) is 0 Å². The molecule has 2 N–H and O–H groups in total. The summed E-state index contributed by atoms with van der Waals surface area (Å²) in [6, 6.07) is 9.53. The van der Waals surface area contributed by atoms with Gasteiger partial charge in [0.25, 0.3) is 5.91 Å². The second-order valence-electron chi connectivity index (χ2n) is 9.22. The first kappa shape index (κ1) is 25.8. The molecular formula is C27H30FN3O4S. The van der Waals surface area contributed by atoms with E-state index in [0.717, 1.165) is 29.7 Å². The van der Waals surface area contributed by atoms with E-state index in [-0.39, 0.29) is 23.5 Å². The number of amides is 2. The summed E-state index contributed by atoms with van der Waals surface area (Å²) in [6.07, 6.45) is 3.35. The quantitative estimate of drug-likeness (QED) is 0.246. The molecule has 190 valence electrons. The predicted octanol–water partition coefficient (Wildman–Crippen LogP) is 5.83. The third-order valence-corrected chi connectivity index (χ3v) is 6.89. The number of nitrogens with zero attached hydrogens (tertiary/aromatic N) is 2. The highest BCUT2D eigenvalue weighted by Gasteiger charge is 2.29. The molecule has 1 atom stereocenters. The third-order valence-electron chi connectivity index (χ3n) is 6.44. The number of nitrogens with one attached hydrogen (secondary N) is 1. The predicted molar refractivity (Wildman–Crippen MR) is 142 cm³/mol. The summed E-state index contributed by atoms with van der Waals surface area (Å²) in [5, 5.41) is 3.30. The van der Waals surface area contributed by atoms with Crippen molar-refractivity contribution in [2.24, 2.45) is 0 Å². The molecule has 0 unspecified atom stereocenters. The van der Waals surface area contributed by atoms with Crippen LogP contribution in [0, 0.1) is 5.82 Å². The van der Waals surface area contributed by atoms with Crippen LogP contribution in [0.15, 0.2) is 52.5 Å². The standard InChI is InChI=1S/C27H30FN3O4S/c1-16(2)12-24(32)31-11-5-6-18(15-31)20-13-21-23(14-22(20)30(4)36-34)35-26(25(21)27(33)29-3)17-7-9-19(28)10-8-17/h7-10,12-14,18,34H,5-6,11,15H2,1-4H3,(H,29,33)/t18-/m1/s1. The summed E-state index contributed by atoms with van der Waals surface area (Å²) < 4.78 is 31.2. The maximum Gasteiger partial charge on any atom is 0.255 e. The highest BCUT2D eigenvalue weighted by atomic mass is 32.2. The van der Waals surface area contributed by atoms with E-state index in [1.807, 2.05) is 30.9 Å². The first-order chi connectivity index (χ1) is 17.2. The maximum atomic E-state index is 13.6. The molecule has 1 aliphatic heterocycles. The Kier molecular flexibility index (Phi) is 7.70. The van der Waals surface area contributed by atoms with Crippen LogP contribution < -0.4 is 9.62 Å². The number of benzene rings is 2. The molecule has 2 amide bonds. The zero-order valence-electron chi connectivity index (χ0n) is 20.8. The van der Waals surface area contributed by atoms with Crippen molar-refractivity contribution in [2.75, 3.05) is 31.5 Å². The highest BCUT2D eigenvalue weighted by molar-refractivity contribution is 7.95. The fourth-order valence-electron chi connectivity index (χ4n) is 4.72. The topological polar surface area (TPSA) is 86.0 Å². The van der Waals surface area contributed by atoms with Crippen LogP contribution in [0.2, 0.25) is 0 Å². The largest absolute Gasteiger partial charge is 0.455 e. The monoisotopic (exact) mass is 511 g/mol. The molecule has 3 aromatic rings. The van der Waals surface area contributed by atoms with E-state index < -0.39 is 0 Å². The third kappa shape index (κ3) is 5.12. The van der Waals surface area contributed by atoms with Crippen LogP contribution in [0.25, 0.3) is 22.3 Å². The lowest BCUT2D eigenvalue weighted by Crippen LogP contribution is -2.38. The number of carbonyl (C=O) groups is 2. The summed E-state index contributed by atoms with van der Waals surface area (Å²) in [5.74, 6) is -0.368. The van der Waals surface area contributed by atoms with Gasteiger partial charge in [-0.3, -0.25) is 13.9 Å². The number of allylic oxidation sites excluding steroid dienone is 1. The van der Waals surface area contributed by atoms with Gasteiger partial charge in [-0.25, -0.2) is 4.39 Å². The first-order valence-corrected chi connectivity index (χ1v) is 12.5. The van der Waals surface area contributed by atoms with E-state index in [9.17, 15) is 18.5 Å². The fourth-order valence-corrected chi connectivity index (χ4v) is 4.96. The van der Waals surface area contributed by atoms with E-state index in [2.05, 4.69) is 5.32 Å². The van der Waals surface area contributed by atoms with Gasteiger partial charge in [-0.05, 0) is 62.6 Å². The molecular weight excluding hydrogens is 481 g/mol. The minimum atomic E-state index is -0.382. The molecule has 36 heavy (non-hydrogen) atoms. The number of fused-ring (bicyclic) bond motifs is 1. The van der Waals surface area contributed by atoms with Crippen LogP contribution in [0.5, 0.6) is 0 Å². The van der Waals surface area contributed by atoms with E-state index in [1.165, 1.54) is 12.1 Å². The molecule has 0 aliphatic carbocycles. The van der Waals surface area contributed by atoms with Gasteiger partial charge in [0.05, 0.1) is 11.3 Å². The first-order valence-electron chi connectivity index (χ1n) is 11.8. The summed E-state index contributed by atoms with van der Waals surface area (Å²) in [7, 11) is 3.29. The van der Waals surface area contributed by atoms with Crippen LogP contribution >= 0.6 is 12.2 Å². The number of hydrogen-bond donors (Lipinski definition) is 2. The second kappa shape index (κ2) is 10.8. The Balaban J connectivity index is 1.87. The number of anilines is 1. The number of likely N-dealkylation sites (tertiary alicyclic amines) is 1. The van der Waals surface area contributed by atoms with Crippen molar-refractivity contribution >= 4 is 40.7 Å². The Morgan fingerprint density at radius 2 is 1.97 bits per heavy atom. The molecule has 1 aliphatic rings. The van der Waals surface area contributed by atoms with Gasteiger partial charge in [0.1, 0.15) is 29.4 Å². The Bertz CT molecular complexity index is 1310. The van der Waals surface area contributed by atoms with Gasteiger partial charge in [0.2, 0.25) is 5.91 Å². The SMILES string of the molecule is CNC(=O)c1c(-c2ccc(F)cc2)oc2cc(N(C)SO)c([C@@H]3CCCN(C(=O)C=C(C)C)C3)cc12. The summed E-state index contributed by atoms with van der Waals surface area (Å²) in [6.45, 7) is 5.02. The molecule has 0 radical (unpaired) electrons. The van der Waals surface area contributed by atoms with Crippen molar-refractivity contribution in [2.45, 2.75) is 32.6 Å². The zero-order chi connectivity index (χ0) is 26.0. The average Bonchev–Trinajstić information content (AvgIpc) is 3.25. The molecule has 1 aromatic heterocycles. The minimum absolute atomic E-state index is 0.00368. The lowest BCUT2D eigenvalue weighted by Gasteiger charge is -2.34. The Morgan fingerprint density at radius 3 is 2.61 bits per heavy atom. The van der Waals surface area contributed by atoms with Crippen molar-refractivity contribution < 1.29 is 22.9 Å². The van der Waals surface area contributed by atoms with E-state index in [1.54, 1.807) is 36.6 Å². The molecule has 2 aromatic carbocycles. The molecule has 0 spiro atoms. The van der Waals surface area contributed by atoms with E-state index in [4.69, 9.17) is 4.42 Å². The van der Waals surface area contributed by atoms with Gasteiger partial charge < -0.3 is 19.2 Å². The normalized spacial score (nSPS) is 15.6. The number of hydrogen-bond acceptors (Lipinski definition) is 6. The van der Waals surface area contributed by atoms with Gasteiger partial charge in [0.15, 0.2) is 0 Å². The Hall–Kier alpha value is -3.30. The molecule has 4 rings (SSSR count). The van der Waals surface area contributed by atoms with Gasteiger partial charge >= 0.3 is 0 Å². The fraction of sp³-hybridized carbons (Fsp3) is 0.333. The molecule has 0 bridgehead atoms. The van der Waals surface area contributed by atoms with Crippen molar-refractivity contribution in [3.63, 3.8) is 0 Å². The molecule has 1 saturated heterocycles. The number of carbonyl (C=O) groups excluding carboxylic acids is 2. The van der Waals surface area contributed by atoms with Gasteiger partial charge in [0, 0.05) is 56.2 Å². The lowest BCUT2D eigenvalue weighted by atomic mass is 9.88. The van der Waals surface area contributed by atoms with Crippen LogP contribution in [-0.2, 0) is 4.79 Å². The van der Waals surface area contributed by atoms with Crippen molar-refractivity contribution in [3.05, 3.63) is 65.0 Å². The Morgan fingerprint density at radius 1 is 1.25 bits per heavy atom. The smallest absolute Gasteiger partial charge is 0.255 e. The molecule has 0 saturated carbocycles. The second-order valence-corrected chi connectivity index (χ2v) is 9.93. The minimum Gasteiger partial charge on any atom is -0.455 e. The van der Waals surface area contributed by atoms with Crippen molar-refractivity contribution in [3.8, 4) is 11.3 Å². The van der Waals surface area contributed by atoms with Gasteiger partial charge in [-0.1, -0.05) is 5.57 Å². The summed E-state index contributed by atoms with van der Waals surface area (Å²) in [5.41, 5.74) is 4.01. The van der Waals surface area contributed by atoms with Crippen molar-refractivity contribution in [1.29, 1.82) is 0 Å². The summed E-state index contributed by atoms with van der Waals surface area (Å²) >= 11 is 0.581. The highest BCUT2D eigenvalue weighted by Crippen LogP contribution is 2.42. The van der Waals surface area contributed by atoms with Crippen molar-refractivity contribution in [1.82, 2.24) is 10.2 Å². The van der Waals surface area contributed by atoms with E-state index in [0.29, 0.717) is 53.2 Å². The number of piperidine rings is 1. The van der Waals surface area contributed by atoms with Crippen LogP contribution in [0.1, 0.15) is 48.5 Å². The van der Waals surface area contributed by atoms with E-state index >= 15 is 0 Å². The van der Waals surface area contributed by atoms with Gasteiger partial charge in [-0.2, -0.15) is 0 Å². The number of rotatable bonds is 6. The zero-order valence-corrected chi connectivity index (χ0v) is 21.6. The molecule has 1 fully saturated rings. The Labute approximate surface area is 214 Å². The van der Waals surface area contributed by atoms with Crippen LogP contribution in [0.4, 0.5) is 10.1 Å². The molecule has 7 nitrogen and oxygen atoms in total. The maximum absolute atomic E-state index is 13.6. The summed E-state index contributed by atoms with van der Waals surface area (Å²) in [4.78, 5) is 27.6. The average molecular weight is 512 g/mol. The lowest BCUT2D eigenvalue weighted by molar-refractivity contribution is -0.127. The van der Waals surface area contributed by atoms with Crippen LogP contribution in [-0.4, -0.2) is 48.5 Å². The molecule has 2 heterocycles.